The second-order valence-electron chi connectivity index (χ2n) is 3.69. The Morgan fingerprint density at radius 2 is 1.25 bits per heavy atom. The van der Waals surface area contributed by atoms with Crippen LogP contribution in [0.5, 0.6) is 0 Å². The SMILES string of the molecule is CC.CCC.CCc1ccc(C)cc1CC. The van der Waals surface area contributed by atoms with E-state index in [1.54, 1.807) is 0 Å². The quantitative estimate of drug-likeness (QED) is 0.614. The first-order valence-corrected chi connectivity index (χ1v) is 6.77. The molecule has 1 aromatic rings. The lowest BCUT2D eigenvalue weighted by Crippen LogP contribution is -1.90. The number of benzene rings is 1. The standard InChI is InChI=1S/C11H16.C3H8.C2H6/c1-4-10-7-6-9(3)8-11(10)5-2;1-3-2;1-2/h6-8H,4-5H2,1-3H3;3H2,1-2H3;1-2H3. The summed E-state index contributed by atoms with van der Waals surface area (Å²) in [5.41, 5.74) is 4.38. The summed E-state index contributed by atoms with van der Waals surface area (Å²) in [7, 11) is 0. The fourth-order valence-corrected chi connectivity index (χ4v) is 1.43. The summed E-state index contributed by atoms with van der Waals surface area (Å²) in [5, 5.41) is 0. The minimum Gasteiger partial charge on any atom is -0.0683 e. The molecule has 0 aliphatic carbocycles. The number of aryl methyl sites for hydroxylation is 3. The van der Waals surface area contributed by atoms with Gasteiger partial charge in [0.1, 0.15) is 0 Å². The van der Waals surface area contributed by atoms with Crippen molar-refractivity contribution in [1.29, 1.82) is 0 Å². The maximum absolute atomic E-state index is 2.29. The van der Waals surface area contributed by atoms with Gasteiger partial charge in [-0.3, -0.25) is 0 Å². The topological polar surface area (TPSA) is 0 Å². The molecular weight excluding hydrogens is 192 g/mol. The Kier molecular flexibility index (Phi) is 13.5. The van der Waals surface area contributed by atoms with Gasteiger partial charge in [0.05, 0.1) is 0 Å². The minimum absolute atomic E-state index is 1.16. The molecule has 1 rings (SSSR count). The summed E-state index contributed by atoms with van der Waals surface area (Å²) in [6.07, 6.45) is 3.56. The lowest BCUT2D eigenvalue weighted by Gasteiger charge is -2.05. The van der Waals surface area contributed by atoms with Crippen molar-refractivity contribution in [1.82, 2.24) is 0 Å². The Morgan fingerprint density at radius 1 is 0.812 bits per heavy atom. The molecule has 0 atom stereocenters. The van der Waals surface area contributed by atoms with Gasteiger partial charge in [0.25, 0.3) is 0 Å². The van der Waals surface area contributed by atoms with Crippen LogP contribution in [0.15, 0.2) is 18.2 Å². The van der Waals surface area contributed by atoms with E-state index in [4.69, 9.17) is 0 Å². The molecule has 0 saturated heterocycles. The summed E-state index contributed by atoms with van der Waals surface area (Å²) < 4.78 is 0. The van der Waals surface area contributed by atoms with E-state index < -0.39 is 0 Å². The predicted molar refractivity (Wildman–Crippen MR) is 77.2 cm³/mol. The number of rotatable bonds is 2. The molecule has 0 N–H and O–H groups in total. The highest BCUT2D eigenvalue weighted by atomic mass is 14.0. The monoisotopic (exact) mass is 222 g/mol. The van der Waals surface area contributed by atoms with Crippen molar-refractivity contribution in [2.45, 2.75) is 67.7 Å². The van der Waals surface area contributed by atoms with E-state index in [-0.39, 0.29) is 0 Å². The van der Waals surface area contributed by atoms with E-state index in [1.807, 2.05) is 13.8 Å². The summed E-state index contributed by atoms with van der Waals surface area (Å²) in [4.78, 5) is 0. The van der Waals surface area contributed by atoms with Gasteiger partial charge in [0, 0.05) is 0 Å². The average molecular weight is 222 g/mol. The normalized spacial score (nSPS) is 8.44. The van der Waals surface area contributed by atoms with Crippen molar-refractivity contribution in [2.24, 2.45) is 0 Å². The first-order chi connectivity index (χ1) is 7.69. The van der Waals surface area contributed by atoms with Crippen molar-refractivity contribution >= 4 is 0 Å². The largest absolute Gasteiger partial charge is 0.0683 e. The van der Waals surface area contributed by atoms with Gasteiger partial charge in [-0.05, 0) is 30.9 Å². The van der Waals surface area contributed by atoms with Gasteiger partial charge in [-0.25, -0.2) is 0 Å². The van der Waals surface area contributed by atoms with E-state index in [0.717, 1.165) is 12.8 Å². The smallest absolute Gasteiger partial charge is 0.0305 e. The lowest BCUT2D eigenvalue weighted by atomic mass is 10.0. The molecule has 0 radical (unpaired) electrons. The predicted octanol–water partition coefficient (Wildman–Crippen LogP) is 5.56. The van der Waals surface area contributed by atoms with E-state index in [1.165, 1.54) is 23.1 Å². The van der Waals surface area contributed by atoms with Crippen LogP contribution in [0.3, 0.4) is 0 Å². The Balaban J connectivity index is 0. The molecule has 0 nitrogen and oxygen atoms in total. The van der Waals surface area contributed by atoms with Gasteiger partial charge < -0.3 is 0 Å². The van der Waals surface area contributed by atoms with Gasteiger partial charge in [-0.15, -0.1) is 0 Å². The van der Waals surface area contributed by atoms with Crippen molar-refractivity contribution in [3.05, 3.63) is 34.9 Å². The third-order valence-corrected chi connectivity index (χ3v) is 2.12. The van der Waals surface area contributed by atoms with Crippen LogP contribution in [0.25, 0.3) is 0 Å². The van der Waals surface area contributed by atoms with E-state index in [9.17, 15) is 0 Å². The van der Waals surface area contributed by atoms with Crippen molar-refractivity contribution in [3.63, 3.8) is 0 Å². The molecule has 0 spiro atoms. The average Bonchev–Trinajstić information content (AvgIpc) is 2.32. The fraction of sp³-hybridized carbons (Fsp3) is 0.625. The molecule has 0 aliphatic rings. The molecule has 1 aromatic carbocycles. The zero-order valence-electron chi connectivity index (χ0n) is 12.4. The zero-order valence-corrected chi connectivity index (χ0v) is 12.4. The molecular formula is C16H30. The molecule has 0 unspecified atom stereocenters. The summed E-state index contributed by atoms with van der Waals surface area (Å²) in [6, 6.07) is 6.73. The first kappa shape index (κ1) is 17.6. The van der Waals surface area contributed by atoms with Gasteiger partial charge in [-0.2, -0.15) is 0 Å². The molecule has 0 saturated carbocycles. The molecule has 0 fully saturated rings. The number of hydrogen-bond acceptors (Lipinski definition) is 0. The maximum atomic E-state index is 2.29. The third kappa shape index (κ3) is 7.50. The Morgan fingerprint density at radius 3 is 1.62 bits per heavy atom. The molecule has 16 heavy (non-hydrogen) atoms. The minimum atomic E-state index is 1.16. The van der Waals surface area contributed by atoms with Crippen molar-refractivity contribution < 1.29 is 0 Å². The Bertz CT molecular complexity index is 248. The van der Waals surface area contributed by atoms with Crippen LogP contribution in [0.4, 0.5) is 0 Å². The van der Waals surface area contributed by atoms with E-state index >= 15 is 0 Å². The van der Waals surface area contributed by atoms with Crippen LogP contribution in [-0.4, -0.2) is 0 Å². The Hall–Kier alpha value is -0.780. The van der Waals surface area contributed by atoms with E-state index in [2.05, 4.69) is 52.8 Å². The molecule has 0 heterocycles. The van der Waals surface area contributed by atoms with Crippen LogP contribution < -0.4 is 0 Å². The molecule has 94 valence electrons. The highest BCUT2D eigenvalue weighted by molar-refractivity contribution is 5.31. The molecule has 0 aliphatic heterocycles. The Labute approximate surface area is 103 Å². The second-order valence-corrected chi connectivity index (χ2v) is 3.69. The van der Waals surface area contributed by atoms with Gasteiger partial charge >= 0.3 is 0 Å². The van der Waals surface area contributed by atoms with Crippen LogP contribution >= 0.6 is 0 Å². The van der Waals surface area contributed by atoms with Gasteiger partial charge in [0.15, 0.2) is 0 Å². The van der Waals surface area contributed by atoms with Crippen molar-refractivity contribution in [3.8, 4) is 0 Å². The lowest BCUT2D eigenvalue weighted by molar-refractivity contribution is 1.03. The van der Waals surface area contributed by atoms with Crippen LogP contribution in [-0.2, 0) is 12.8 Å². The van der Waals surface area contributed by atoms with Crippen molar-refractivity contribution in [2.75, 3.05) is 0 Å². The molecule has 0 aromatic heterocycles. The number of hydrogen-bond donors (Lipinski definition) is 0. The maximum Gasteiger partial charge on any atom is -0.0305 e. The molecule has 0 heteroatoms. The van der Waals surface area contributed by atoms with Gasteiger partial charge in [-0.1, -0.05) is 71.7 Å². The van der Waals surface area contributed by atoms with Gasteiger partial charge in [0.2, 0.25) is 0 Å². The third-order valence-electron chi connectivity index (χ3n) is 2.12. The first-order valence-electron chi connectivity index (χ1n) is 6.77. The highest BCUT2D eigenvalue weighted by Gasteiger charge is 1.96. The molecule has 0 amide bonds. The van der Waals surface area contributed by atoms with E-state index in [0.29, 0.717) is 0 Å². The van der Waals surface area contributed by atoms with Crippen LogP contribution in [0.1, 0.15) is 64.7 Å². The second kappa shape index (κ2) is 12.3. The summed E-state index contributed by atoms with van der Waals surface area (Å²) in [6.45, 7) is 14.8. The fourth-order valence-electron chi connectivity index (χ4n) is 1.43. The highest BCUT2D eigenvalue weighted by Crippen LogP contribution is 2.12. The zero-order chi connectivity index (χ0) is 13.0. The van der Waals surface area contributed by atoms with Crippen LogP contribution in [0.2, 0.25) is 0 Å². The summed E-state index contributed by atoms with van der Waals surface area (Å²) in [5.74, 6) is 0. The molecule has 0 bridgehead atoms. The summed E-state index contributed by atoms with van der Waals surface area (Å²) >= 11 is 0. The van der Waals surface area contributed by atoms with Crippen LogP contribution in [0, 0.1) is 6.92 Å².